The van der Waals surface area contributed by atoms with Crippen LogP contribution < -0.4 is 14.8 Å². The molecule has 108 valence electrons. The highest BCUT2D eigenvalue weighted by molar-refractivity contribution is 9.10. The Kier molecular flexibility index (Phi) is 7.24. The Labute approximate surface area is 124 Å². The zero-order chi connectivity index (χ0) is 14.3. The lowest BCUT2D eigenvalue weighted by Gasteiger charge is -2.12. The standard InChI is InChI=1S/C15H24BrNO2/c1-11(2)17-8-6-5-7-12-9-15(19-4)13(16)10-14(12)18-3/h9-11,17H,5-8H2,1-4H3. The van der Waals surface area contributed by atoms with E-state index in [1.165, 1.54) is 12.0 Å². The van der Waals surface area contributed by atoms with Crippen LogP contribution in [0.3, 0.4) is 0 Å². The van der Waals surface area contributed by atoms with E-state index in [0.29, 0.717) is 6.04 Å². The molecule has 4 heteroatoms. The second-order valence-electron chi connectivity index (χ2n) is 4.86. The normalized spacial score (nSPS) is 10.8. The number of hydrogen-bond acceptors (Lipinski definition) is 3. The number of aryl methyl sites for hydroxylation is 1. The van der Waals surface area contributed by atoms with Gasteiger partial charge in [-0.15, -0.1) is 0 Å². The summed E-state index contributed by atoms with van der Waals surface area (Å²) < 4.78 is 11.7. The molecule has 0 amide bonds. The van der Waals surface area contributed by atoms with Gasteiger partial charge in [0.15, 0.2) is 0 Å². The molecule has 0 radical (unpaired) electrons. The fourth-order valence-corrected chi connectivity index (χ4v) is 2.43. The number of benzene rings is 1. The van der Waals surface area contributed by atoms with Gasteiger partial charge in [-0.2, -0.15) is 0 Å². The van der Waals surface area contributed by atoms with Gasteiger partial charge in [0.1, 0.15) is 11.5 Å². The minimum atomic E-state index is 0.558. The van der Waals surface area contributed by atoms with Crippen LogP contribution >= 0.6 is 15.9 Å². The van der Waals surface area contributed by atoms with E-state index in [2.05, 4.69) is 41.2 Å². The van der Waals surface area contributed by atoms with Gasteiger partial charge in [0.25, 0.3) is 0 Å². The van der Waals surface area contributed by atoms with Gasteiger partial charge in [-0.25, -0.2) is 0 Å². The van der Waals surface area contributed by atoms with E-state index in [4.69, 9.17) is 9.47 Å². The fraction of sp³-hybridized carbons (Fsp3) is 0.600. The largest absolute Gasteiger partial charge is 0.496 e. The van der Waals surface area contributed by atoms with E-state index in [1.807, 2.05) is 6.07 Å². The SMILES string of the molecule is COc1cc(CCCCNC(C)C)c(OC)cc1Br. The molecule has 0 saturated carbocycles. The first-order valence-electron chi connectivity index (χ1n) is 6.72. The second-order valence-corrected chi connectivity index (χ2v) is 5.72. The Balaban J connectivity index is 2.56. The van der Waals surface area contributed by atoms with Crippen LogP contribution in [0.4, 0.5) is 0 Å². The summed E-state index contributed by atoms with van der Waals surface area (Å²) in [6, 6.07) is 4.58. The third kappa shape index (κ3) is 5.41. The van der Waals surface area contributed by atoms with Gasteiger partial charge < -0.3 is 14.8 Å². The van der Waals surface area contributed by atoms with E-state index in [0.717, 1.165) is 35.4 Å². The van der Waals surface area contributed by atoms with E-state index >= 15 is 0 Å². The maximum Gasteiger partial charge on any atom is 0.133 e. The van der Waals surface area contributed by atoms with Crippen molar-refractivity contribution in [2.24, 2.45) is 0 Å². The molecular formula is C15H24BrNO2. The van der Waals surface area contributed by atoms with Gasteiger partial charge in [0, 0.05) is 6.04 Å². The van der Waals surface area contributed by atoms with E-state index in [1.54, 1.807) is 14.2 Å². The number of unbranched alkanes of at least 4 members (excludes halogenated alkanes) is 1. The van der Waals surface area contributed by atoms with Crippen LogP contribution in [0.5, 0.6) is 11.5 Å². The highest BCUT2D eigenvalue weighted by atomic mass is 79.9. The molecule has 0 atom stereocenters. The van der Waals surface area contributed by atoms with Crippen molar-refractivity contribution >= 4 is 15.9 Å². The molecule has 19 heavy (non-hydrogen) atoms. The number of methoxy groups -OCH3 is 2. The lowest BCUT2D eigenvalue weighted by atomic mass is 10.1. The topological polar surface area (TPSA) is 30.5 Å². The summed E-state index contributed by atoms with van der Waals surface area (Å²) in [5.74, 6) is 1.78. The summed E-state index contributed by atoms with van der Waals surface area (Å²) >= 11 is 3.48. The first-order valence-corrected chi connectivity index (χ1v) is 7.51. The molecule has 0 bridgehead atoms. The molecule has 0 aliphatic carbocycles. The van der Waals surface area contributed by atoms with Crippen molar-refractivity contribution < 1.29 is 9.47 Å². The molecular weight excluding hydrogens is 306 g/mol. The highest BCUT2D eigenvalue weighted by Crippen LogP contribution is 2.33. The van der Waals surface area contributed by atoms with Crippen LogP contribution in [0.25, 0.3) is 0 Å². The molecule has 1 rings (SSSR count). The predicted octanol–water partition coefficient (Wildman–Crippen LogP) is 3.79. The van der Waals surface area contributed by atoms with E-state index < -0.39 is 0 Å². The summed E-state index contributed by atoms with van der Waals surface area (Å²) in [6.45, 7) is 5.40. The minimum Gasteiger partial charge on any atom is -0.496 e. The van der Waals surface area contributed by atoms with E-state index in [-0.39, 0.29) is 0 Å². The molecule has 0 fully saturated rings. The molecule has 3 nitrogen and oxygen atoms in total. The number of halogens is 1. The van der Waals surface area contributed by atoms with Gasteiger partial charge in [0.05, 0.1) is 18.7 Å². The maximum absolute atomic E-state index is 5.42. The second kappa shape index (κ2) is 8.43. The Bertz CT molecular complexity index is 394. The van der Waals surface area contributed by atoms with Crippen LogP contribution in [0.1, 0.15) is 32.3 Å². The van der Waals surface area contributed by atoms with Crippen LogP contribution in [-0.2, 0) is 6.42 Å². The van der Waals surface area contributed by atoms with Crippen molar-refractivity contribution in [2.45, 2.75) is 39.2 Å². The van der Waals surface area contributed by atoms with Crippen molar-refractivity contribution in [3.63, 3.8) is 0 Å². The first-order chi connectivity index (χ1) is 9.08. The zero-order valence-electron chi connectivity index (χ0n) is 12.3. The van der Waals surface area contributed by atoms with Crippen molar-refractivity contribution in [3.8, 4) is 11.5 Å². The van der Waals surface area contributed by atoms with Crippen LogP contribution in [0.15, 0.2) is 16.6 Å². The average Bonchev–Trinajstić information content (AvgIpc) is 2.38. The van der Waals surface area contributed by atoms with Crippen molar-refractivity contribution in [1.82, 2.24) is 5.32 Å². The van der Waals surface area contributed by atoms with Gasteiger partial charge in [-0.05, 0) is 59.4 Å². The summed E-state index contributed by atoms with van der Waals surface area (Å²) in [4.78, 5) is 0. The number of rotatable bonds is 8. The van der Waals surface area contributed by atoms with Crippen molar-refractivity contribution in [1.29, 1.82) is 0 Å². The molecule has 0 spiro atoms. The average molecular weight is 330 g/mol. The number of ether oxygens (including phenoxy) is 2. The lowest BCUT2D eigenvalue weighted by molar-refractivity contribution is 0.396. The Morgan fingerprint density at radius 1 is 1.11 bits per heavy atom. The quantitative estimate of drug-likeness (QED) is 0.736. The molecule has 1 aromatic rings. The Morgan fingerprint density at radius 2 is 1.79 bits per heavy atom. The number of nitrogens with one attached hydrogen (secondary N) is 1. The maximum atomic E-state index is 5.42. The zero-order valence-corrected chi connectivity index (χ0v) is 13.8. The van der Waals surface area contributed by atoms with Crippen molar-refractivity contribution in [2.75, 3.05) is 20.8 Å². The van der Waals surface area contributed by atoms with Gasteiger partial charge in [0.2, 0.25) is 0 Å². The third-order valence-corrected chi connectivity index (χ3v) is 3.60. The van der Waals surface area contributed by atoms with Gasteiger partial charge in [-0.3, -0.25) is 0 Å². The molecule has 0 unspecified atom stereocenters. The van der Waals surface area contributed by atoms with Gasteiger partial charge in [-0.1, -0.05) is 13.8 Å². The Morgan fingerprint density at radius 3 is 2.37 bits per heavy atom. The minimum absolute atomic E-state index is 0.558. The summed E-state index contributed by atoms with van der Waals surface area (Å²) in [7, 11) is 3.39. The predicted molar refractivity (Wildman–Crippen MR) is 83.3 cm³/mol. The molecule has 1 N–H and O–H groups in total. The van der Waals surface area contributed by atoms with Crippen LogP contribution in [0, 0.1) is 0 Å². The first kappa shape index (κ1) is 16.3. The van der Waals surface area contributed by atoms with E-state index in [9.17, 15) is 0 Å². The monoisotopic (exact) mass is 329 g/mol. The molecule has 0 saturated heterocycles. The molecule has 1 aromatic carbocycles. The van der Waals surface area contributed by atoms with Crippen molar-refractivity contribution in [3.05, 3.63) is 22.2 Å². The smallest absolute Gasteiger partial charge is 0.133 e. The fourth-order valence-electron chi connectivity index (χ4n) is 1.95. The lowest BCUT2D eigenvalue weighted by Crippen LogP contribution is -2.23. The summed E-state index contributed by atoms with van der Waals surface area (Å²) in [5.41, 5.74) is 1.20. The number of hydrogen-bond donors (Lipinski definition) is 1. The summed E-state index contributed by atoms with van der Waals surface area (Å²) in [6.07, 6.45) is 3.31. The summed E-state index contributed by atoms with van der Waals surface area (Å²) in [5, 5.41) is 3.43. The highest BCUT2D eigenvalue weighted by Gasteiger charge is 2.09. The molecule has 0 aliphatic rings. The van der Waals surface area contributed by atoms with Crippen LogP contribution in [0.2, 0.25) is 0 Å². The molecule has 0 aliphatic heterocycles. The van der Waals surface area contributed by atoms with Gasteiger partial charge >= 0.3 is 0 Å². The Hall–Kier alpha value is -0.740. The third-order valence-electron chi connectivity index (χ3n) is 2.98. The molecule has 0 aromatic heterocycles. The molecule has 0 heterocycles. The van der Waals surface area contributed by atoms with Crippen LogP contribution in [-0.4, -0.2) is 26.8 Å².